The maximum atomic E-state index is 13.3. The summed E-state index contributed by atoms with van der Waals surface area (Å²) in [7, 11) is 3.46. The van der Waals surface area contributed by atoms with Crippen molar-refractivity contribution in [2.45, 2.75) is 38.3 Å². The van der Waals surface area contributed by atoms with Gasteiger partial charge in [-0.2, -0.15) is 0 Å². The Morgan fingerprint density at radius 3 is 2.55 bits per heavy atom. The number of benzene rings is 2. The van der Waals surface area contributed by atoms with E-state index in [1.807, 2.05) is 30.1 Å². The van der Waals surface area contributed by atoms with Crippen LogP contribution in [0.4, 0.5) is 4.79 Å². The first-order valence-corrected chi connectivity index (χ1v) is 10.6. The number of carbonyl (C=O) groups is 3. The zero-order valence-electron chi connectivity index (χ0n) is 18.2. The van der Waals surface area contributed by atoms with Gasteiger partial charge in [-0.1, -0.05) is 30.3 Å². The van der Waals surface area contributed by atoms with Crippen molar-refractivity contribution in [1.82, 2.24) is 20.4 Å². The van der Waals surface area contributed by atoms with Crippen LogP contribution in [0.3, 0.4) is 0 Å². The Hall–Kier alpha value is -3.19. The number of amides is 4. The van der Waals surface area contributed by atoms with Crippen LogP contribution in [0, 0.1) is 0 Å². The quantitative estimate of drug-likeness (QED) is 0.703. The van der Waals surface area contributed by atoms with E-state index in [-0.39, 0.29) is 24.5 Å². The SMILES string of the molecule is CNC(=O)c1ccc(CN(C)CN2C(=O)N[C@@](C)(c3ccc4c(c3)CCC4)C2=O)cc1. The van der Waals surface area contributed by atoms with Gasteiger partial charge in [-0.3, -0.25) is 14.5 Å². The summed E-state index contributed by atoms with van der Waals surface area (Å²) in [6.45, 7) is 2.50. The van der Waals surface area contributed by atoms with Gasteiger partial charge in [0.2, 0.25) is 0 Å². The second kappa shape index (κ2) is 8.15. The Kier molecular flexibility index (Phi) is 5.54. The maximum Gasteiger partial charge on any atom is 0.326 e. The second-order valence-electron chi connectivity index (χ2n) is 8.56. The van der Waals surface area contributed by atoms with Gasteiger partial charge in [0.05, 0.1) is 6.67 Å². The third-order valence-electron chi connectivity index (χ3n) is 6.23. The molecule has 7 heteroatoms. The third kappa shape index (κ3) is 3.93. The second-order valence-corrected chi connectivity index (χ2v) is 8.56. The van der Waals surface area contributed by atoms with E-state index in [2.05, 4.69) is 22.8 Å². The van der Waals surface area contributed by atoms with E-state index in [1.165, 1.54) is 16.0 Å². The first-order valence-electron chi connectivity index (χ1n) is 10.6. The molecule has 0 unspecified atom stereocenters. The lowest BCUT2D eigenvalue weighted by Crippen LogP contribution is -2.42. The zero-order valence-corrected chi connectivity index (χ0v) is 18.2. The summed E-state index contributed by atoms with van der Waals surface area (Å²) in [4.78, 5) is 40.8. The average molecular weight is 421 g/mol. The number of carbonyl (C=O) groups excluding carboxylic acids is 3. The van der Waals surface area contributed by atoms with Crippen LogP contribution < -0.4 is 10.6 Å². The molecule has 2 N–H and O–H groups in total. The molecule has 2 aliphatic rings. The fourth-order valence-electron chi connectivity index (χ4n) is 4.41. The fraction of sp³-hybridized carbons (Fsp3) is 0.375. The van der Waals surface area contributed by atoms with Gasteiger partial charge < -0.3 is 10.6 Å². The monoisotopic (exact) mass is 420 g/mol. The first-order chi connectivity index (χ1) is 14.8. The molecule has 2 aromatic rings. The van der Waals surface area contributed by atoms with Gasteiger partial charge in [0.15, 0.2) is 0 Å². The van der Waals surface area contributed by atoms with Crippen LogP contribution in [0.1, 0.15) is 46.0 Å². The van der Waals surface area contributed by atoms with E-state index in [0.717, 1.165) is 30.4 Å². The Labute approximate surface area is 182 Å². The van der Waals surface area contributed by atoms with Crippen LogP contribution in [0.5, 0.6) is 0 Å². The third-order valence-corrected chi connectivity index (χ3v) is 6.23. The summed E-state index contributed by atoms with van der Waals surface area (Å²) in [5.41, 5.74) is 3.97. The highest BCUT2D eigenvalue weighted by molar-refractivity contribution is 6.07. The summed E-state index contributed by atoms with van der Waals surface area (Å²) < 4.78 is 0. The number of rotatable bonds is 6. The average Bonchev–Trinajstić information content (AvgIpc) is 3.32. The number of hydrogen-bond donors (Lipinski definition) is 2. The Bertz CT molecular complexity index is 1030. The number of fused-ring (bicyclic) bond motifs is 1. The molecule has 1 aliphatic heterocycles. The van der Waals surface area contributed by atoms with Crippen molar-refractivity contribution in [3.8, 4) is 0 Å². The molecule has 2 aromatic carbocycles. The number of aryl methyl sites for hydroxylation is 2. The highest BCUT2D eigenvalue weighted by Gasteiger charge is 2.49. The predicted molar refractivity (Wildman–Crippen MR) is 117 cm³/mol. The standard InChI is InChI=1S/C24H28N4O3/c1-24(20-12-11-17-5-4-6-19(17)13-20)22(30)28(23(31)26-24)15-27(3)14-16-7-9-18(10-8-16)21(29)25-2/h7-13H,4-6,14-15H2,1-3H3,(H,25,29)(H,26,31)/t24-/m0/s1. The van der Waals surface area contributed by atoms with Crippen molar-refractivity contribution in [3.05, 3.63) is 70.3 Å². The minimum Gasteiger partial charge on any atom is -0.355 e. The first kappa shape index (κ1) is 21.1. The van der Waals surface area contributed by atoms with Crippen LogP contribution in [0.2, 0.25) is 0 Å². The molecule has 1 aliphatic carbocycles. The van der Waals surface area contributed by atoms with E-state index in [0.29, 0.717) is 12.1 Å². The number of imide groups is 1. The molecular formula is C24H28N4O3. The largest absolute Gasteiger partial charge is 0.355 e. The van der Waals surface area contributed by atoms with Gasteiger partial charge in [0.1, 0.15) is 5.54 Å². The van der Waals surface area contributed by atoms with Crippen LogP contribution in [0.25, 0.3) is 0 Å². The smallest absolute Gasteiger partial charge is 0.326 e. The lowest BCUT2D eigenvalue weighted by molar-refractivity contribution is -0.132. The topological polar surface area (TPSA) is 81.8 Å². The Morgan fingerprint density at radius 2 is 1.84 bits per heavy atom. The molecule has 1 fully saturated rings. The molecule has 4 rings (SSSR count). The molecular weight excluding hydrogens is 392 g/mol. The van der Waals surface area contributed by atoms with Gasteiger partial charge >= 0.3 is 6.03 Å². The molecule has 1 heterocycles. The Morgan fingerprint density at radius 1 is 1.13 bits per heavy atom. The minimum absolute atomic E-state index is 0.134. The van der Waals surface area contributed by atoms with Crippen LogP contribution in [-0.2, 0) is 29.7 Å². The van der Waals surface area contributed by atoms with E-state index in [4.69, 9.17) is 0 Å². The van der Waals surface area contributed by atoms with Gasteiger partial charge in [0.25, 0.3) is 11.8 Å². The van der Waals surface area contributed by atoms with Crippen molar-refractivity contribution >= 4 is 17.8 Å². The molecule has 0 spiro atoms. The number of nitrogens with zero attached hydrogens (tertiary/aromatic N) is 2. The van der Waals surface area contributed by atoms with E-state index >= 15 is 0 Å². The van der Waals surface area contributed by atoms with Crippen LogP contribution in [0.15, 0.2) is 42.5 Å². The number of urea groups is 1. The number of hydrogen-bond acceptors (Lipinski definition) is 4. The van der Waals surface area contributed by atoms with E-state index < -0.39 is 5.54 Å². The summed E-state index contributed by atoms with van der Waals surface area (Å²) in [6, 6.07) is 13.0. The van der Waals surface area contributed by atoms with Gasteiger partial charge in [-0.25, -0.2) is 9.69 Å². The maximum absolute atomic E-state index is 13.3. The summed E-state index contributed by atoms with van der Waals surface area (Å²) in [6.07, 6.45) is 3.23. The molecule has 1 saturated heterocycles. The molecule has 4 amide bonds. The van der Waals surface area contributed by atoms with Crippen LogP contribution >= 0.6 is 0 Å². The molecule has 0 radical (unpaired) electrons. The van der Waals surface area contributed by atoms with Crippen LogP contribution in [-0.4, -0.2) is 48.4 Å². The molecule has 31 heavy (non-hydrogen) atoms. The van der Waals surface area contributed by atoms with Gasteiger partial charge in [-0.05, 0) is 67.6 Å². The zero-order chi connectivity index (χ0) is 22.2. The highest BCUT2D eigenvalue weighted by atomic mass is 16.2. The molecule has 0 aromatic heterocycles. The summed E-state index contributed by atoms with van der Waals surface area (Å²) >= 11 is 0. The van der Waals surface area contributed by atoms with Crippen molar-refractivity contribution in [2.24, 2.45) is 0 Å². The fourth-order valence-corrected chi connectivity index (χ4v) is 4.41. The van der Waals surface area contributed by atoms with E-state index in [1.54, 1.807) is 26.1 Å². The summed E-state index contributed by atoms with van der Waals surface area (Å²) in [5.74, 6) is -0.373. The highest BCUT2D eigenvalue weighted by Crippen LogP contribution is 2.32. The Balaban J connectivity index is 1.44. The lowest BCUT2D eigenvalue weighted by Gasteiger charge is -2.25. The lowest BCUT2D eigenvalue weighted by atomic mass is 9.90. The minimum atomic E-state index is -1.05. The van der Waals surface area contributed by atoms with E-state index in [9.17, 15) is 14.4 Å². The van der Waals surface area contributed by atoms with Crippen molar-refractivity contribution in [2.75, 3.05) is 20.8 Å². The van der Waals surface area contributed by atoms with Crippen molar-refractivity contribution in [1.29, 1.82) is 0 Å². The normalized spacial score (nSPS) is 20.2. The van der Waals surface area contributed by atoms with Gasteiger partial charge in [0, 0.05) is 19.2 Å². The number of nitrogens with one attached hydrogen (secondary N) is 2. The molecule has 1 atom stereocenters. The molecule has 7 nitrogen and oxygen atoms in total. The van der Waals surface area contributed by atoms with Crippen molar-refractivity contribution < 1.29 is 14.4 Å². The van der Waals surface area contributed by atoms with Gasteiger partial charge in [-0.15, -0.1) is 0 Å². The summed E-state index contributed by atoms with van der Waals surface area (Å²) in [5, 5.41) is 5.50. The molecule has 162 valence electrons. The predicted octanol–water partition coefficient (Wildman–Crippen LogP) is 2.39. The molecule has 0 bridgehead atoms. The molecule has 0 saturated carbocycles. The van der Waals surface area contributed by atoms with Crippen molar-refractivity contribution in [3.63, 3.8) is 0 Å².